The third kappa shape index (κ3) is 4.58. The number of nitrogens with one attached hydrogen (secondary N) is 1. The van der Waals surface area contributed by atoms with E-state index in [0.29, 0.717) is 6.42 Å². The summed E-state index contributed by atoms with van der Waals surface area (Å²) in [4.78, 5) is 12.1. The highest BCUT2D eigenvalue weighted by atomic mass is 19.4. The number of hydrogen-bond acceptors (Lipinski definition) is 2. The van der Waals surface area contributed by atoms with Crippen LogP contribution < -0.4 is 5.32 Å². The molecule has 23 heavy (non-hydrogen) atoms. The highest BCUT2D eigenvalue weighted by Gasteiger charge is 2.39. The lowest BCUT2D eigenvalue weighted by Crippen LogP contribution is -2.33. The van der Waals surface area contributed by atoms with E-state index >= 15 is 0 Å². The van der Waals surface area contributed by atoms with Crippen molar-refractivity contribution in [1.29, 1.82) is 0 Å². The van der Waals surface area contributed by atoms with Gasteiger partial charge in [0, 0.05) is 19.3 Å². The zero-order valence-corrected chi connectivity index (χ0v) is 12.9. The van der Waals surface area contributed by atoms with Gasteiger partial charge in [-0.1, -0.05) is 30.3 Å². The zero-order chi connectivity index (χ0) is 17.0. The van der Waals surface area contributed by atoms with Crippen LogP contribution in [0.4, 0.5) is 13.2 Å². The highest BCUT2D eigenvalue weighted by molar-refractivity contribution is 5.95. The molecule has 1 N–H and O–H groups in total. The Bertz CT molecular complexity index is 665. The Morgan fingerprint density at radius 1 is 1.30 bits per heavy atom. The molecule has 0 fully saturated rings. The molecule has 1 unspecified atom stereocenters. The molecule has 0 aliphatic carbocycles. The minimum absolute atomic E-state index is 0.246. The molecule has 0 spiro atoms. The van der Waals surface area contributed by atoms with E-state index in [4.69, 9.17) is 0 Å². The number of hydrogen-bond donors (Lipinski definition) is 1. The number of aryl methyl sites for hydroxylation is 2. The Morgan fingerprint density at radius 3 is 2.57 bits per heavy atom. The number of halogens is 3. The van der Waals surface area contributed by atoms with Crippen LogP contribution in [-0.4, -0.2) is 21.7 Å². The molecule has 2 aromatic rings. The molecular weight excluding hydrogens is 307 g/mol. The number of alkyl halides is 3. The minimum Gasteiger partial charge on any atom is -0.349 e. The van der Waals surface area contributed by atoms with Gasteiger partial charge in [0.2, 0.25) is 0 Å². The predicted molar refractivity (Wildman–Crippen MR) is 79.9 cm³/mol. The Labute approximate surface area is 132 Å². The van der Waals surface area contributed by atoms with Crippen LogP contribution in [0.3, 0.4) is 0 Å². The monoisotopic (exact) mass is 325 g/mol. The molecule has 124 valence electrons. The quantitative estimate of drug-likeness (QED) is 0.918. The van der Waals surface area contributed by atoms with Gasteiger partial charge in [-0.25, -0.2) is 0 Å². The second-order valence-electron chi connectivity index (χ2n) is 5.46. The van der Waals surface area contributed by atoms with Crippen LogP contribution in [0.1, 0.15) is 35.0 Å². The van der Waals surface area contributed by atoms with Crippen molar-refractivity contribution in [2.75, 3.05) is 0 Å². The van der Waals surface area contributed by atoms with E-state index < -0.39 is 23.3 Å². The largest absolute Gasteiger partial charge is 0.435 e. The predicted octanol–water partition coefficient (Wildman–Crippen LogP) is 3.19. The molecule has 1 heterocycles. The molecule has 0 aliphatic heterocycles. The van der Waals surface area contributed by atoms with Gasteiger partial charge < -0.3 is 5.32 Å². The third-order valence-corrected chi connectivity index (χ3v) is 3.43. The van der Waals surface area contributed by atoms with Gasteiger partial charge >= 0.3 is 6.18 Å². The van der Waals surface area contributed by atoms with E-state index in [2.05, 4.69) is 10.4 Å². The summed E-state index contributed by atoms with van der Waals surface area (Å²) < 4.78 is 39.6. The highest BCUT2D eigenvalue weighted by Crippen LogP contribution is 2.30. The normalized spacial score (nSPS) is 12.9. The van der Waals surface area contributed by atoms with Gasteiger partial charge in [0.15, 0.2) is 5.69 Å². The van der Waals surface area contributed by atoms with E-state index in [9.17, 15) is 18.0 Å². The Morgan fingerprint density at radius 2 is 1.96 bits per heavy atom. The lowest BCUT2D eigenvalue weighted by Gasteiger charge is -2.14. The fraction of sp³-hybridized carbons (Fsp3) is 0.375. The summed E-state index contributed by atoms with van der Waals surface area (Å²) in [5, 5.41) is 5.93. The van der Waals surface area contributed by atoms with Crippen LogP contribution in [0.15, 0.2) is 36.5 Å². The van der Waals surface area contributed by atoms with Gasteiger partial charge in [0.05, 0.1) is 5.56 Å². The number of aromatic nitrogens is 2. The van der Waals surface area contributed by atoms with Crippen LogP contribution in [0.25, 0.3) is 0 Å². The Balaban J connectivity index is 1.99. The summed E-state index contributed by atoms with van der Waals surface area (Å²) in [7, 11) is 1.35. The molecule has 0 aliphatic rings. The number of carbonyl (C=O) groups excluding carboxylic acids is 1. The summed E-state index contributed by atoms with van der Waals surface area (Å²) in [5.74, 6) is -0.758. The van der Waals surface area contributed by atoms with Crippen LogP contribution in [0.2, 0.25) is 0 Å². The molecule has 0 bridgehead atoms. The standard InChI is InChI=1S/C16H18F3N3O/c1-11(8-9-12-6-4-3-5-7-12)20-15(23)13-10-22(2)21-14(13)16(17,18)19/h3-7,10-11H,8-9H2,1-2H3,(H,20,23). The first-order valence-electron chi connectivity index (χ1n) is 7.23. The maximum atomic E-state index is 12.9. The molecular formula is C16H18F3N3O. The molecule has 0 radical (unpaired) electrons. The van der Waals surface area contributed by atoms with Gasteiger partial charge in [0.25, 0.3) is 5.91 Å². The van der Waals surface area contributed by atoms with Crippen molar-refractivity contribution in [3.8, 4) is 0 Å². The molecule has 1 aromatic carbocycles. The van der Waals surface area contributed by atoms with E-state index in [-0.39, 0.29) is 6.04 Å². The molecule has 2 rings (SSSR count). The van der Waals surface area contributed by atoms with Crippen LogP contribution in [0, 0.1) is 0 Å². The van der Waals surface area contributed by atoms with Crippen molar-refractivity contribution in [3.63, 3.8) is 0 Å². The maximum absolute atomic E-state index is 12.9. The van der Waals surface area contributed by atoms with Gasteiger partial charge in [-0.05, 0) is 25.3 Å². The molecule has 7 heteroatoms. The number of amides is 1. The fourth-order valence-corrected chi connectivity index (χ4v) is 2.27. The smallest absolute Gasteiger partial charge is 0.349 e. The second-order valence-corrected chi connectivity index (χ2v) is 5.46. The van der Waals surface area contributed by atoms with Crippen LogP contribution >= 0.6 is 0 Å². The van der Waals surface area contributed by atoms with E-state index in [0.717, 1.165) is 22.9 Å². The third-order valence-electron chi connectivity index (χ3n) is 3.43. The van der Waals surface area contributed by atoms with Gasteiger partial charge in [0.1, 0.15) is 0 Å². The average molecular weight is 325 g/mol. The molecule has 0 saturated carbocycles. The molecule has 1 atom stereocenters. The topological polar surface area (TPSA) is 46.9 Å². The zero-order valence-electron chi connectivity index (χ0n) is 12.9. The molecule has 1 amide bonds. The van der Waals surface area contributed by atoms with Gasteiger partial charge in [-0.15, -0.1) is 0 Å². The van der Waals surface area contributed by atoms with E-state index in [1.54, 1.807) is 6.92 Å². The van der Waals surface area contributed by atoms with Crippen molar-refractivity contribution in [2.24, 2.45) is 7.05 Å². The minimum atomic E-state index is -4.65. The lowest BCUT2D eigenvalue weighted by atomic mass is 10.1. The first kappa shape index (κ1) is 17.1. The maximum Gasteiger partial charge on any atom is 0.435 e. The summed E-state index contributed by atoms with van der Waals surface area (Å²) in [6.07, 6.45) is -2.19. The van der Waals surface area contributed by atoms with Crippen molar-refractivity contribution >= 4 is 5.91 Å². The fourth-order valence-electron chi connectivity index (χ4n) is 2.27. The summed E-state index contributed by atoms with van der Waals surface area (Å²) in [6.45, 7) is 1.77. The van der Waals surface area contributed by atoms with Crippen molar-refractivity contribution in [2.45, 2.75) is 32.0 Å². The van der Waals surface area contributed by atoms with E-state index in [1.165, 1.54) is 7.05 Å². The van der Waals surface area contributed by atoms with Crippen molar-refractivity contribution in [3.05, 3.63) is 53.3 Å². The van der Waals surface area contributed by atoms with Gasteiger partial charge in [-0.2, -0.15) is 18.3 Å². The first-order chi connectivity index (χ1) is 10.8. The SMILES string of the molecule is CC(CCc1ccccc1)NC(=O)c1cn(C)nc1C(F)(F)F. The number of nitrogens with zero attached hydrogens (tertiary/aromatic N) is 2. The number of rotatable bonds is 5. The molecule has 4 nitrogen and oxygen atoms in total. The summed E-state index contributed by atoms with van der Waals surface area (Å²) in [6, 6.07) is 9.45. The molecule has 1 aromatic heterocycles. The second kappa shape index (κ2) is 6.85. The van der Waals surface area contributed by atoms with Gasteiger partial charge in [-0.3, -0.25) is 9.48 Å². The number of benzene rings is 1. The van der Waals surface area contributed by atoms with Crippen LogP contribution in [-0.2, 0) is 19.6 Å². The Hall–Kier alpha value is -2.31. The summed E-state index contributed by atoms with van der Waals surface area (Å²) >= 11 is 0. The first-order valence-corrected chi connectivity index (χ1v) is 7.23. The van der Waals surface area contributed by atoms with Crippen LogP contribution in [0.5, 0.6) is 0 Å². The average Bonchev–Trinajstić information content (AvgIpc) is 2.88. The Kier molecular flexibility index (Phi) is 5.08. The summed E-state index contributed by atoms with van der Waals surface area (Å²) in [5.41, 5.74) is -0.495. The van der Waals surface area contributed by atoms with E-state index in [1.807, 2.05) is 30.3 Å². The number of carbonyl (C=O) groups is 1. The molecule has 0 saturated heterocycles. The van der Waals surface area contributed by atoms with Crippen molar-refractivity contribution in [1.82, 2.24) is 15.1 Å². The lowest BCUT2D eigenvalue weighted by molar-refractivity contribution is -0.141. The van der Waals surface area contributed by atoms with Crippen molar-refractivity contribution < 1.29 is 18.0 Å².